The lowest BCUT2D eigenvalue weighted by Gasteiger charge is -2.50. The fourth-order valence-corrected chi connectivity index (χ4v) is 6.53. The molecule has 0 heterocycles. The zero-order valence-corrected chi connectivity index (χ0v) is 26.2. The van der Waals surface area contributed by atoms with Gasteiger partial charge in [0, 0.05) is 31.3 Å². The maximum Gasteiger partial charge on any atom is 0.303 e. The molecule has 248 valence electrons. The third-order valence-corrected chi connectivity index (χ3v) is 9.21. The van der Waals surface area contributed by atoms with E-state index < -0.39 is 23.3 Å². The lowest BCUT2D eigenvalue weighted by atomic mass is 9.55. The van der Waals surface area contributed by atoms with Crippen molar-refractivity contribution in [2.75, 3.05) is 19.8 Å². The number of carboxylic acids is 3. The highest BCUT2D eigenvalue weighted by Gasteiger charge is 2.48. The normalized spacial score (nSPS) is 12.1. The van der Waals surface area contributed by atoms with Crippen LogP contribution in [0.4, 0.5) is 0 Å². The molecule has 9 heteroatoms. The average molecular weight is 603 g/mol. The van der Waals surface area contributed by atoms with E-state index >= 15 is 0 Å². The van der Waals surface area contributed by atoms with Crippen molar-refractivity contribution >= 4 is 17.9 Å². The van der Waals surface area contributed by atoms with E-state index in [0.717, 1.165) is 116 Å². The molecule has 0 aliphatic rings. The molecule has 0 unspecified atom stereocenters. The molecule has 9 nitrogen and oxygen atoms in total. The standard InChI is InChI=1S/C33H62O9/c34-26-25-33(27-35,28-36)32(22-16-10-4-1-7-13-19-29(37)38,23-17-11-5-2-8-14-20-30(39)40)24-18-12-6-3-9-15-21-31(41)42/h34-36H,1-28H2,(H,37,38)(H,39,40)(H,41,42). The number of carboxylic acid groups (broad SMARTS) is 3. The first-order chi connectivity index (χ1) is 20.2. The molecule has 0 atom stereocenters. The number of aliphatic hydroxyl groups excluding tert-OH is 3. The van der Waals surface area contributed by atoms with Gasteiger partial charge < -0.3 is 30.6 Å². The number of carbonyl (C=O) groups is 3. The monoisotopic (exact) mass is 602 g/mol. The number of aliphatic carboxylic acids is 3. The van der Waals surface area contributed by atoms with Gasteiger partial charge in [0.15, 0.2) is 0 Å². The minimum absolute atomic E-state index is 0.0976. The fourth-order valence-electron chi connectivity index (χ4n) is 6.53. The Morgan fingerprint density at radius 1 is 0.357 bits per heavy atom. The molecule has 0 aromatic heterocycles. The highest BCUT2D eigenvalue weighted by atomic mass is 16.4. The summed E-state index contributed by atoms with van der Waals surface area (Å²) in [6.45, 7) is -0.452. The van der Waals surface area contributed by atoms with Crippen LogP contribution < -0.4 is 0 Å². The van der Waals surface area contributed by atoms with Crippen LogP contribution in [0.15, 0.2) is 0 Å². The molecule has 0 aliphatic heterocycles. The topological polar surface area (TPSA) is 173 Å². The van der Waals surface area contributed by atoms with Gasteiger partial charge in [0.2, 0.25) is 0 Å². The lowest BCUT2D eigenvalue weighted by molar-refractivity contribution is -0.138. The first-order valence-corrected chi connectivity index (χ1v) is 16.7. The van der Waals surface area contributed by atoms with E-state index in [2.05, 4.69) is 0 Å². The van der Waals surface area contributed by atoms with Crippen molar-refractivity contribution in [3.63, 3.8) is 0 Å². The second kappa shape index (κ2) is 25.8. The van der Waals surface area contributed by atoms with Crippen molar-refractivity contribution in [3.8, 4) is 0 Å². The summed E-state index contributed by atoms with van der Waals surface area (Å²) in [6.07, 6.45) is 20.3. The maximum atomic E-state index is 10.7. The third kappa shape index (κ3) is 18.7. The van der Waals surface area contributed by atoms with Gasteiger partial charge in [-0.25, -0.2) is 0 Å². The lowest BCUT2D eigenvalue weighted by Crippen LogP contribution is -2.48. The van der Waals surface area contributed by atoms with Crippen LogP contribution in [-0.2, 0) is 14.4 Å². The Labute approximate surface area is 254 Å². The van der Waals surface area contributed by atoms with Gasteiger partial charge in [-0.15, -0.1) is 0 Å². The number of hydrogen-bond donors (Lipinski definition) is 6. The molecule has 0 aromatic rings. The Morgan fingerprint density at radius 3 is 0.857 bits per heavy atom. The summed E-state index contributed by atoms with van der Waals surface area (Å²) in [5.74, 6) is -2.27. The van der Waals surface area contributed by atoms with E-state index in [0.29, 0.717) is 25.7 Å². The molecule has 0 bridgehead atoms. The Kier molecular flexibility index (Phi) is 24.7. The van der Waals surface area contributed by atoms with E-state index in [1.165, 1.54) is 0 Å². The molecule has 0 rings (SSSR count). The fraction of sp³-hybridized carbons (Fsp3) is 0.909. The van der Waals surface area contributed by atoms with Gasteiger partial charge in [0.1, 0.15) is 0 Å². The first-order valence-electron chi connectivity index (χ1n) is 16.7. The summed E-state index contributed by atoms with van der Waals surface area (Å²) in [5.41, 5.74) is -1.08. The highest BCUT2D eigenvalue weighted by Crippen LogP contribution is 2.53. The quantitative estimate of drug-likeness (QED) is 0.0446. The smallest absolute Gasteiger partial charge is 0.303 e. The molecule has 0 saturated carbocycles. The zero-order valence-electron chi connectivity index (χ0n) is 26.2. The van der Waals surface area contributed by atoms with Gasteiger partial charge in [-0.2, -0.15) is 0 Å². The first kappa shape index (κ1) is 40.3. The molecule has 6 N–H and O–H groups in total. The van der Waals surface area contributed by atoms with Crippen LogP contribution in [-0.4, -0.2) is 68.4 Å². The summed E-state index contributed by atoms with van der Waals surface area (Å²) in [4.78, 5) is 32.2. The number of unbranched alkanes of at least 4 members (excludes halogenated alkanes) is 15. The van der Waals surface area contributed by atoms with Crippen LogP contribution in [0, 0.1) is 10.8 Å². The number of aliphatic hydroxyl groups is 3. The van der Waals surface area contributed by atoms with E-state index in [9.17, 15) is 29.7 Å². The van der Waals surface area contributed by atoms with Crippen molar-refractivity contribution in [2.45, 2.75) is 161 Å². The predicted molar refractivity (Wildman–Crippen MR) is 164 cm³/mol. The van der Waals surface area contributed by atoms with Crippen molar-refractivity contribution in [3.05, 3.63) is 0 Å². The van der Waals surface area contributed by atoms with E-state index in [1.807, 2.05) is 0 Å². The van der Waals surface area contributed by atoms with Crippen molar-refractivity contribution in [1.82, 2.24) is 0 Å². The molecule has 0 fully saturated rings. The Bertz CT molecular complexity index is 617. The zero-order chi connectivity index (χ0) is 31.5. The van der Waals surface area contributed by atoms with Gasteiger partial charge in [-0.1, -0.05) is 96.3 Å². The van der Waals surface area contributed by atoms with E-state index in [1.54, 1.807) is 0 Å². The molecule has 0 saturated heterocycles. The van der Waals surface area contributed by atoms with Gasteiger partial charge >= 0.3 is 17.9 Å². The SMILES string of the molecule is O=C(O)CCCCCCCCC(CCCCCCCCC(=O)O)(CCCCCCCCC(=O)O)C(CO)(CO)CCO. The van der Waals surface area contributed by atoms with Crippen LogP contribution in [0.5, 0.6) is 0 Å². The predicted octanol–water partition coefficient (Wildman–Crippen LogP) is 6.94. The van der Waals surface area contributed by atoms with Gasteiger partial charge in [0.25, 0.3) is 0 Å². The molecule has 42 heavy (non-hydrogen) atoms. The molecule has 0 amide bonds. The summed E-state index contributed by atoms with van der Waals surface area (Å²) >= 11 is 0. The maximum absolute atomic E-state index is 10.7. The largest absolute Gasteiger partial charge is 0.481 e. The van der Waals surface area contributed by atoms with Crippen molar-refractivity contribution in [2.24, 2.45) is 10.8 Å². The molecule has 0 spiro atoms. The molecule has 0 aromatic carbocycles. The summed E-state index contributed by atoms with van der Waals surface area (Å²) < 4.78 is 0. The molecule has 0 aliphatic carbocycles. The summed E-state index contributed by atoms with van der Waals surface area (Å²) in [7, 11) is 0. The molecular formula is C33H62O9. The molecular weight excluding hydrogens is 540 g/mol. The second-order valence-corrected chi connectivity index (χ2v) is 12.4. The van der Waals surface area contributed by atoms with Crippen molar-refractivity contribution < 1.29 is 45.0 Å². The van der Waals surface area contributed by atoms with Crippen LogP contribution in [0.1, 0.15) is 161 Å². The number of hydrogen-bond acceptors (Lipinski definition) is 6. The van der Waals surface area contributed by atoms with Crippen molar-refractivity contribution in [1.29, 1.82) is 0 Å². The van der Waals surface area contributed by atoms with Crippen LogP contribution in [0.3, 0.4) is 0 Å². The Hall–Kier alpha value is -1.71. The van der Waals surface area contributed by atoms with Crippen LogP contribution in [0.2, 0.25) is 0 Å². The number of rotatable bonds is 32. The van der Waals surface area contributed by atoms with Crippen LogP contribution in [0.25, 0.3) is 0 Å². The van der Waals surface area contributed by atoms with Gasteiger partial charge in [0.05, 0.1) is 13.2 Å². The highest BCUT2D eigenvalue weighted by molar-refractivity contribution is 5.67. The summed E-state index contributed by atoms with van der Waals surface area (Å²) in [6, 6.07) is 0. The van der Waals surface area contributed by atoms with Gasteiger partial charge in [-0.3, -0.25) is 14.4 Å². The Morgan fingerprint density at radius 2 is 0.619 bits per heavy atom. The molecule has 0 radical (unpaired) electrons. The minimum atomic E-state index is -0.772. The average Bonchev–Trinajstić information content (AvgIpc) is 2.95. The Balaban J connectivity index is 5.28. The van der Waals surface area contributed by atoms with Gasteiger partial charge in [-0.05, 0) is 50.4 Å². The van der Waals surface area contributed by atoms with E-state index in [-0.39, 0.29) is 44.5 Å². The second-order valence-electron chi connectivity index (χ2n) is 12.4. The van der Waals surface area contributed by atoms with E-state index in [4.69, 9.17) is 15.3 Å². The minimum Gasteiger partial charge on any atom is -0.481 e. The van der Waals surface area contributed by atoms with Crippen LogP contribution >= 0.6 is 0 Å². The third-order valence-electron chi connectivity index (χ3n) is 9.21. The summed E-state index contributed by atoms with van der Waals surface area (Å²) in [5, 5.41) is 57.8.